The maximum absolute atomic E-state index is 12.0. The highest BCUT2D eigenvalue weighted by Crippen LogP contribution is 2.29. The molecule has 2 rings (SSSR count). The quantitative estimate of drug-likeness (QED) is 0.781. The van der Waals surface area contributed by atoms with Crippen LogP contribution in [-0.4, -0.2) is 17.8 Å². The number of hydrogen-bond donors (Lipinski definition) is 2. The molecule has 0 bridgehead atoms. The van der Waals surface area contributed by atoms with Crippen LogP contribution in [-0.2, 0) is 16.0 Å². The first kappa shape index (κ1) is 12.3. The second-order valence-electron chi connectivity index (χ2n) is 4.34. The monoisotopic (exact) mass is 246 g/mol. The van der Waals surface area contributed by atoms with E-state index in [9.17, 15) is 14.4 Å². The largest absolute Gasteiger partial charge is 0.328 e. The Morgan fingerprint density at radius 2 is 1.56 bits per heavy atom. The highest BCUT2D eigenvalue weighted by molar-refractivity contribution is 6.19. The number of barbiturate groups is 1. The topological polar surface area (TPSA) is 75.3 Å². The number of urea groups is 1. The molecule has 0 radical (unpaired) electrons. The Morgan fingerprint density at radius 1 is 1.00 bits per heavy atom. The Labute approximate surface area is 105 Å². The maximum Gasteiger partial charge on any atom is 0.328 e. The molecule has 4 amide bonds. The summed E-state index contributed by atoms with van der Waals surface area (Å²) in [6.07, 6.45) is 0.627. The molecule has 5 nitrogen and oxygen atoms in total. The lowest BCUT2D eigenvalue weighted by Gasteiger charge is -2.33. The van der Waals surface area contributed by atoms with Gasteiger partial charge in [-0.05, 0) is 18.4 Å². The van der Waals surface area contributed by atoms with Crippen molar-refractivity contribution in [3.63, 3.8) is 0 Å². The molecule has 0 atom stereocenters. The molecule has 0 aromatic heterocycles. The fourth-order valence-electron chi connectivity index (χ4n) is 2.13. The minimum Gasteiger partial charge on any atom is -0.277 e. The summed E-state index contributed by atoms with van der Waals surface area (Å²) in [5, 5.41) is 4.32. The first-order valence-corrected chi connectivity index (χ1v) is 5.79. The van der Waals surface area contributed by atoms with Gasteiger partial charge in [0.25, 0.3) is 0 Å². The zero-order chi connectivity index (χ0) is 13.2. The van der Waals surface area contributed by atoms with Crippen LogP contribution in [0.4, 0.5) is 4.79 Å². The van der Waals surface area contributed by atoms with Crippen molar-refractivity contribution >= 4 is 17.8 Å². The SMILES string of the molecule is CCC1(Cc2ccccc2)C(=O)NC(=O)NC1=O. The molecule has 1 aromatic rings. The van der Waals surface area contributed by atoms with Gasteiger partial charge in [-0.25, -0.2) is 4.79 Å². The molecule has 1 saturated heterocycles. The van der Waals surface area contributed by atoms with E-state index < -0.39 is 23.3 Å². The number of imide groups is 2. The van der Waals surface area contributed by atoms with Crippen LogP contribution in [0, 0.1) is 5.41 Å². The molecule has 1 aromatic carbocycles. The van der Waals surface area contributed by atoms with E-state index >= 15 is 0 Å². The lowest BCUT2D eigenvalue weighted by Crippen LogP contribution is -2.63. The van der Waals surface area contributed by atoms with Gasteiger partial charge >= 0.3 is 6.03 Å². The van der Waals surface area contributed by atoms with Gasteiger partial charge in [0.05, 0.1) is 0 Å². The third-order valence-corrected chi connectivity index (χ3v) is 3.28. The van der Waals surface area contributed by atoms with Crippen molar-refractivity contribution in [3.8, 4) is 0 Å². The van der Waals surface area contributed by atoms with Crippen molar-refractivity contribution < 1.29 is 14.4 Å². The summed E-state index contributed by atoms with van der Waals surface area (Å²) in [5.74, 6) is -1.05. The highest BCUT2D eigenvalue weighted by atomic mass is 16.2. The Morgan fingerprint density at radius 3 is 2.06 bits per heavy atom. The zero-order valence-electron chi connectivity index (χ0n) is 10.0. The van der Waals surface area contributed by atoms with E-state index in [1.807, 2.05) is 30.3 Å². The van der Waals surface area contributed by atoms with E-state index in [2.05, 4.69) is 10.6 Å². The van der Waals surface area contributed by atoms with Crippen molar-refractivity contribution in [3.05, 3.63) is 35.9 Å². The summed E-state index contributed by atoms with van der Waals surface area (Å²) in [7, 11) is 0. The second kappa shape index (κ2) is 4.60. The average molecular weight is 246 g/mol. The Hall–Kier alpha value is -2.17. The molecular formula is C13H14N2O3. The fourth-order valence-corrected chi connectivity index (χ4v) is 2.13. The third kappa shape index (κ3) is 1.99. The van der Waals surface area contributed by atoms with Crippen LogP contribution in [0.15, 0.2) is 30.3 Å². The Bertz CT molecular complexity index is 476. The Kier molecular flexibility index (Phi) is 3.14. The van der Waals surface area contributed by atoms with Crippen LogP contribution in [0.3, 0.4) is 0 Å². The van der Waals surface area contributed by atoms with Crippen LogP contribution in [0.5, 0.6) is 0 Å². The predicted octanol–water partition coefficient (Wildman–Crippen LogP) is 0.991. The van der Waals surface area contributed by atoms with Crippen molar-refractivity contribution in [2.24, 2.45) is 5.41 Å². The maximum atomic E-state index is 12.0. The summed E-state index contributed by atoms with van der Waals surface area (Å²) in [6.45, 7) is 1.76. The van der Waals surface area contributed by atoms with Gasteiger partial charge in [0, 0.05) is 0 Å². The standard InChI is InChI=1S/C13H14N2O3/c1-2-13(8-9-6-4-3-5-7-9)10(16)14-12(18)15-11(13)17/h3-7H,2,8H2,1H3,(H2,14,15,16,17,18). The predicted molar refractivity (Wildman–Crippen MR) is 64.6 cm³/mol. The second-order valence-corrected chi connectivity index (χ2v) is 4.34. The van der Waals surface area contributed by atoms with E-state index in [1.54, 1.807) is 6.92 Å². The molecule has 0 aliphatic carbocycles. The zero-order valence-corrected chi connectivity index (χ0v) is 10.0. The van der Waals surface area contributed by atoms with Crippen LogP contribution in [0.1, 0.15) is 18.9 Å². The summed E-state index contributed by atoms with van der Waals surface area (Å²) in [5.41, 5.74) is -0.311. The molecule has 5 heteroatoms. The van der Waals surface area contributed by atoms with Crippen molar-refractivity contribution in [1.82, 2.24) is 10.6 Å². The van der Waals surface area contributed by atoms with Crippen LogP contribution >= 0.6 is 0 Å². The summed E-state index contributed by atoms with van der Waals surface area (Å²) in [4.78, 5) is 35.0. The fraction of sp³-hybridized carbons (Fsp3) is 0.308. The average Bonchev–Trinajstić information content (AvgIpc) is 2.35. The van der Waals surface area contributed by atoms with Gasteiger partial charge in [-0.3, -0.25) is 20.2 Å². The third-order valence-electron chi connectivity index (χ3n) is 3.28. The summed E-state index contributed by atoms with van der Waals surface area (Å²) in [6, 6.07) is 8.53. The van der Waals surface area contributed by atoms with Crippen LogP contribution in [0.2, 0.25) is 0 Å². The van der Waals surface area contributed by atoms with Crippen molar-refractivity contribution in [2.75, 3.05) is 0 Å². The molecule has 1 aliphatic heterocycles. The van der Waals surface area contributed by atoms with Crippen molar-refractivity contribution in [2.45, 2.75) is 19.8 Å². The summed E-state index contributed by atoms with van der Waals surface area (Å²) < 4.78 is 0. The van der Waals surface area contributed by atoms with Gasteiger partial charge in [0.2, 0.25) is 11.8 Å². The van der Waals surface area contributed by atoms with E-state index in [1.165, 1.54) is 0 Å². The van der Waals surface area contributed by atoms with Gasteiger partial charge < -0.3 is 0 Å². The molecule has 1 fully saturated rings. The van der Waals surface area contributed by atoms with E-state index in [4.69, 9.17) is 0 Å². The number of nitrogens with one attached hydrogen (secondary N) is 2. The number of carbonyl (C=O) groups is 3. The number of amides is 4. The van der Waals surface area contributed by atoms with Crippen LogP contribution < -0.4 is 10.6 Å². The van der Waals surface area contributed by atoms with Crippen LogP contribution in [0.25, 0.3) is 0 Å². The van der Waals surface area contributed by atoms with Gasteiger partial charge in [0.15, 0.2) is 0 Å². The normalized spacial score (nSPS) is 18.2. The summed E-state index contributed by atoms with van der Waals surface area (Å²) >= 11 is 0. The number of benzene rings is 1. The minimum atomic E-state index is -1.20. The number of hydrogen-bond acceptors (Lipinski definition) is 3. The first-order valence-electron chi connectivity index (χ1n) is 5.79. The Balaban J connectivity index is 2.33. The van der Waals surface area contributed by atoms with E-state index in [0.717, 1.165) is 5.56 Å². The molecule has 0 unspecified atom stereocenters. The molecule has 1 aliphatic rings. The minimum absolute atomic E-state index is 0.287. The van der Waals surface area contributed by atoms with E-state index in [-0.39, 0.29) is 6.42 Å². The number of carbonyl (C=O) groups excluding carboxylic acids is 3. The smallest absolute Gasteiger partial charge is 0.277 e. The highest BCUT2D eigenvalue weighted by Gasteiger charge is 2.48. The van der Waals surface area contributed by atoms with Gasteiger partial charge in [-0.15, -0.1) is 0 Å². The van der Waals surface area contributed by atoms with Crippen molar-refractivity contribution in [1.29, 1.82) is 0 Å². The molecule has 18 heavy (non-hydrogen) atoms. The lowest BCUT2D eigenvalue weighted by molar-refractivity contribution is -0.144. The van der Waals surface area contributed by atoms with Gasteiger partial charge in [-0.1, -0.05) is 37.3 Å². The lowest BCUT2D eigenvalue weighted by atomic mass is 9.76. The molecule has 94 valence electrons. The van der Waals surface area contributed by atoms with Gasteiger partial charge in [-0.2, -0.15) is 0 Å². The van der Waals surface area contributed by atoms with Gasteiger partial charge in [0.1, 0.15) is 5.41 Å². The molecular weight excluding hydrogens is 232 g/mol. The molecule has 1 heterocycles. The van der Waals surface area contributed by atoms with E-state index in [0.29, 0.717) is 6.42 Å². The molecule has 0 saturated carbocycles. The number of rotatable bonds is 3. The first-order chi connectivity index (χ1) is 8.58. The molecule has 2 N–H and O–H groups in total. The molecule has 0 spiro atoms.